The van der Waals surface area contributed by atoms with Gasteiger partial charge in [0.1, 0.15) is 11.6 Å². The molecule has 0 aliphatic rings. The van der Waals surface area contributed by atoms with Gasteiger partial charge in [0.15, 0.2) is 0 Å². The standard InChI is InChI=1S/C28H30N4O4S/c1-20(2)31(37(34,35)25-16-14-24(36-4)15-17-25)19-28(33)29-27-18-26(22-8-6-5-7-9-22)30-32(27)23-12-10-21(3)11-13-23/h5-18,20H,19H2,1-4H3,(H,29,33). The second-order valence-electron chi connectivity index (χ2n) is 8.90. The van der Waals surface area contributed by atoms with Gasteiger partial charge in [-0.15, -0.1) is 0 Å². The fraction of sp³-hybridized carbons (Fsp3) is 0.214. The average Bonchev–Trinajstić information content (AvgIpc) is 3.31. The van der Waals surface area contributed by atoms with Gasteiger partial charge < -0.3 is 10.1 Å². The Balaban J connectivity index is 1.63. The molecule has 8 nitrogen and oxygen atoms in total. The molecule has 4 aromatic rings. The highest BCUT2D eigenvalue weighted by atomic mass is 32.2. The van der Waals surface area contributed by atoms with Crippen molar-refractivity contribution in [3.05, 3.63) is 90.5 Å². The second-order valence-corrected chi connectivity index (χ2v) is 10.8. The molecule has 1 heterocycles. The summed E-state index contributed by atoms with van der Waals surface area (Å²) in [6.45, 7) is 5.11. The van der Waals surface area contributed by atoms with Crippen molar-refractivity contribution in [1.82, 2.24) is 14.1 Å². The summed E-state index contributed by atoms with van der Waals surface area (Å²) in [7, 11) is -2.41. The Hall–Kier alpha value is -3.95. The summed E-state index contributed by atoms with van der Waals surface area (Å²) in [5.74, 6) is 0.517. The number of amides is 1. The van der Waals surface area contributed by atoms with Gasteiger partial charge in [0, 0.05) is 17.7 Å². The number of methoxy groups -OCH3 is 1. The number of nitrogens with zero attached hydrogens (tertiary/aromatic N) is 3. The maximum atomic E-state index is 13.4. The van der Waals surface area contributed by atoms with Crippen LogP contribution in [0.2, 0.25) is 0 Å². The molecule has 1 amide bonds. The van der Waals surface area contributed by atoms with E-state index in [9.17, 15) is 13.2 Å². The van der Waals surface area contributed by atoms with Crippen LogP contribution in [0.5, 0.6) is 5.75 Å². The number of benzene rings is 3. The van der Waals surface area contributed by atoms with Gasteiger partial charge in [0.25, 0.3) is 0 Å². The van der Waals surface area contributed by atoms with Crippen LogP contribution in [0.25, 0.3) is 16.9 Å². The molecule has 4 rings (SSSR count). The molecule has 1 aromatic heterocycles. The summed E-state index contributed by atoms with van der Waals surface area (Å²) in [5.41, 5.74) is 3.45. The Kier molecular flexibility index (Phi) is 7.75. The molecule has 37 heavy (non-hydrogen) atoms. The van der Waals surface area contributed by atoms with Crippen molar-refractivity contribution >= 4 is 21.7 Å². The number of aromatic nitrogens is 2. The molecule has 0 aliphatic carbocycles. The Morgan fingerprint density at radius 1 is 1.00 bits per heavy atom. The molecule has 3 aromatic carbocycles. The van der Waals surface area contributed by atoms with E-state index in [1.54, 1.807) is 36.7 Å². The number of sulfonamides is 1. The van der Waals surface area contributed by atoms with Crippen LogP contribution < -0.4 is 10.1 Å². The second kappa shape index (κ2) is 11.0. The molecule has 0 fully saturated rings. The zero-order valence-corrected chi connectivity index (χ0v) is 22.1. The van der Waals surface area contributed by atoms with Crippen LogP contribution in [0.3, 0.4) is 0 Å². The highest BCUT2D eigenvalue weighted by Gasteiger charge is 2.29. The van der Waals surface area contributed by atoms with Crippen molar-refractivity contribution in [3.8, 4) is 22.7 Å². The molecule has 0 atom stereocenters. The van der Waals surface area contributed by atoms with Crippen LogP contribution in [-0.4, -0.2) is 48.1 Å². The lowest BCUT2D eigenvalue weighted by Crippen LogP contribution is -2.42. The number of carbonyl (C=O) groups excluding carboxylic acids is 1. The van der Waals surface area contributed by atoms with E-state index in [0.29, 0.717) is 17.3 Å². The van der Waals surface area contributed by atoms with E-state index in [4.69, 9.17) is 9.84 Å². The van der Waals surface area contributed by atoms with Crippen molar-refractivity contribution in [3.63, 3.8) is 0 Å². The predicted octanol–water partition coefficient (Wildman–Crippen LogP) is 4.89. The highest BCUT2D eigenvalue weighted by molar-refractivity contribution is 7.89. The minimum atomic E-state index is -3.92. The summed E-state index contributed by atoms with van der Waals surface area (Å²) < 4.78 is 34.7. The number of hydrogen-bond donors (Lipinski definition) is 1. The van der Waals surface area contributed by atoms with Gasteiger partial charge in [-0.2, -0.15) is 9.40 Å². The number of carbonyl (C=O) groups is 1. The Bertz CT molecular complexity index is 1460. The molecule has 0 bridgehead atoms. The lowest BCUT2D eigenvalue weighted by molar-refractivity contribution is -0.116. The summed E-state index contributed by atoms with van der Waals surface area (Å²) in [6, 6.07) is 24.9. The Morgan fingerprint density at radius 3 is 2.24 bits per heavy atom. The van der Waals surface area contributed by atoms with Crippen LogP contribution in [0, 0.1) is 6.92 Å². The first-order valence-corrected chi connectivity index (χ1v) is 13.3. The fourth-order valence-electron chi connectivity index (χ4n) is 3.86. The SMILES string of the molecule is COc1ccc(S(=O)(=O)N(CC(=O)Nc2cc(-c3ccccc3)nn2-c2ccc(C)cc2)C(C)C)cc1. The quantitative estimate of drug-likeness (QED) is 0.340. The maximum Gasteiger partial charge on any atom is 0.243 e. The van der Waals surface area contributed by atoms with Gasteiger partial charge >= 0.3 is 0 Å². The third-order valence-electron chi connectivity index (χ3n) is 5.87. The van der Waals surface area contributed by atoms with Crippen molar-refractivity contribution in [2.24, 2.45) is 0 Å². The van der Waals surface area contributed by atoms with E-state index in [2.05, 4.69) is 5.32 Å². The highest BCUT2D eigenvalue weighted by Crippen LogP contribution is 2.26. The normalized spacial score (nSPS) is 11.6. The lowest BCUT2D eigenvalue weighted by Gasteiger charge is -2.25. The lowest BCUT2D eigenvalue weighted by atomic mass is 10.1. The van der Waals surface area contributed by atoms with Crippen molar-refractivity contribution in [2.45, 2.75) is 31.7 Å². The molecule has 192 valence electrons. The van der Waals surface area contributed by atoms with E-state index >= 15 is 0 Å². The topological polar surface area (TPSA) is 93.5 Å². The van der Waals surface area contributed by atoms with E-state index in [-0.39, 0.29) is 11.4 Å². The van der Waals surface area contributed by atoms with E-state index < -0.39 is 22.0 Å². The number of nitrogens with one attached hydrogen (secondary N) is 1. The number of hydrogen-bond acceptors (Lipinski definition) is 5. The summed E-state index contributed by atoms with van der Waals surface area (Å²) in [5, 5.41) is 7.59. The third kappa shape index (κ3) is 5.90. The molecule has 9 heteroatoms. The molecule has 0 unspecified atom stereocenters. The van der Waals surface area contributed by atoms with Crippen LogP contribution >= 0.6 is 0 Å². The molecule has 0 aliphatic heterocycles. The van der Waals surface area contributed by atoms with E-state index in [1.165, 1.54) is 23.5 Å². The minimum Gasteiger partial charge on any atom is -0.497 e. The zero-order valence-electron chi connectivity index (χ0n) is 21.3. The zero-order chi connectivity index (χ0) is 26.6. The molecule has 0 saturated heterocycles. The first-order chi connectivity index (χ1) is 17.7. The maximum absolute atomic E-state index is 13.4. The predicted molar refractivity (Wildman–Crippen MR) is 144 cm³/mol. The van der Waals surface area contributed by atoms with Gasteiger partial charge in [-0.25, -0.2) is 13.1 Å². The summed E-state index contributed by atoms with van der Waals surface area (Å²) in [6.07, 6.45) is 0. The van der Waals surface area contributed by atoms with Gasteiger partial charge in [0.2, 0.25) is 15.9 Å². The fourth-order valence-corrected chi connectivity index (χ4v) is 5.45. The smallest absolute Gasteiger partial charge is 0.243 e. The van der Waals surface area contributed by atoms with Crippen LogP contribution in [0.15, 0.2) is 89.8 Å². The average molecular weight is 519 g/mol. The summed E-state index contributed by atoms with van der Waals surface area (Å²) >= 11 is 0. The molecular formula is C28H30N4O4S. The Morgan fingerprint density at radius 2 is 1.65 bits per heavy atom. The van der Waals surface area contributed by atoms with E-state index in [0.717, 1.165) is 16.8 Å². The van der Waals surface area contributed by atoms with Gasteiger partial charge in [-0.1, -0.05) is 48.0 Å². The monoisotopic (exact) mass is 518 g/mol. The van der Waals surface area contributed by atoms with Gasteiger partial charge in [-0.05, 0) is 57.2 Å². The Labute approximate surface area is 217 Å². The van der Waals surface area contributed by atoms with E-state index in [1.807, 2.05) is 61.5 Å². The van der Waals surface area contributed by atoms with Crippen molar-refractivity contribution in [2.75, 3.05) is 19.0 Å². The largest absolute Gasteiger partial charge is 0.497 e. The number of rotatable bonds is 9. The van der Waals surface area contributed by atoms with Gasteiger partial charge in [0.05, 0.1) is 29.9 Å². The van der Waals surface area contributed by atoms with Crippen LogP contribution in [0.1, 0.15) is 19.4 Å². The van der Waals surface area contributed by atoms with Crippen molar-refractivity contribution in [1.29, 1.82) is 0 Å². The third-order valence-corrected chi connectivity index (χ3v) is 7.90. The number of anilines is 1. The minimum absolute atomic E-state index is 0.0888. The number of aryl methyl sites for hydroxylation is 1. The molecule has 0 spiro atoms. The molecule has 0 saturated carbocycles. The molecule has 1 N–H and O–H groups in total. The first kappa shape index (κ1) is 26.1. The number of ether oxygens (including phenoxy) is 1. The first-order valence-electron chi connectivity index (χ1n) is 11.9. The van der Waals surface area contributed by atoms with Gasteiger partial charge in [-0.3, -0.25) is 4.79 Å². The summed E-state index contributed by atoms with van der Waals surface area (Å²) in [4.78, 5) is 13.3. The van der Waals surface area contributed by atoms with Crippen LogP contribution in [0.4, 0.5) is 5.82 Å². The van der Waals surface area contributed by atoms with Crippen molar-refractivity contribution < 1.29 is 17.9 Å². The molecule has 0 radical (unpaired) electrons. The van der Waals surface area contributed by atoms with Crippen LogP contribution in [-0.2, 0) is 14.8 Å². The molecular weight excluding hydrogens is 488 g/mol.